The highest BCUT2D eigenvalue weighted by Crippen LogP contribution is 2.37. The number of aryl methyl sites for hydroxylation is 1. The molecular formula is C28H31N5O3. The van der Waals surface area contributed by atoms with E-state index in [0.717, 1.165) is 42.6 Å². The zero-order valence-corrected chi connectivity index (χ0v) is 21.1. The fourth-order valence-corrected chi connectivity index (χ4v) is 4.77. The number of fused-ring (bicyclic) bond motifs is 1. The number of anilines is 1. The number of benzene rings is 2. The Morgan fingerprint density at radius 2 is 1.67 bits per heavy atom. The monoisotopic (exact) mass is 485 g/mol. The number of aliphatic hydroxyl groups is 1. The van der Waals surface area contributed by atoms with Crippen LogP contribution in [0.2, 0.25) is 0 Å². The highest BCUT2D eigenvalue weighted by Gasteiger charge is 2.33. The molecule has 1 aliphatic heterocycles. The van der Waals surface area contributed by atoms with Crippen LogP contribution in [-0.2, 0) is 9.53 Å². The van der Waals surface area contributed by atoms with Crippen molar-refractivity contribution >= 4 is 17.6 Å². The van der Waals surface area contributed by atoms with Crippen LogP contribution in [0.3, 0.4) is 0 Å². The van der Waals surface area contributed by atoms with Crippen molar-refractivity contribution in [1.29, 1.82) is 0 Å². The average Bonchev–Trinajstić information content (AvgIpc) is 3.31. The van der Waals surface area contributed by atoms with E-state index in [9.17, 15) is 9.90 Å². The number of methoxy groups -OCH3 is 1. The Morgan fingerprint density at radius 3 is 2.36 bits per heavy atom. The summed E-state index contributed by atoms with van der Waals surface area (Å²) in [5.41, 5.74) is 4.19. The van der Waals surface area contributed by atoms with Gasteiger partial charge in [-0.1, -0.05) is 62.4 Å². The molecule has 0 saturated carbocycles. The summed E-state index contributed by atoms with van der Waals surface area (Å²) in [6, 6.07) is 18.2. The Hall–Kier alpha value is -3.78. The molecule has 2 aromatic heterocycles. The molecule has 0 bridgehead atoms. The second kappa shape index (κ2) is 9.35. The first kappa shape index (κ1) is 23.9. The van der Waals surface area contributed by atoms with Gasteiger partial charge in [0.1, 0.15) is 5.82 Å². The Balaban J connectivity index is 1.65. The van der Waals surface area contributed by atoms with Gasteiger partial charge in [-0.2, -0.15) is 9.50 Å². The van der Waals surface area contributed by atoms with Gasteiger partial charge in [-0.05, 0) is 42.4 Å². The van der Waals surface area contributed by atoms with E-state index in [0.29, 0.717) is 28.7 Å². The smallest absolute Gasteiger partial charge is 0.339 e. The van der Waals surface area contributed by atoms with Crippen LogP contribution < -0.4 is 4.90 Å². The standard InChI is InChI=1S/C28H31N5O3/c1-18-22(23(34)26(35)36-4)25(32-15-13-28(2,3)14-16-32)33-27(29-18)30-24(31-33)21-12-8-11-20(17-21)19-9-6-5-7-10-19/h5-12,17,23,34H,13-16H2,1-4H3/t23-/m0/s1. The van der Waals surface area contributed by atoms with Gasteiger partial charge in [0.25, 0.3) is 5.78 Å². The lowest BCUT2D eigenvalue weighted by Gasteiger charge is -2.39. The van der Waals surface area contributed by atoms with Gasteiger partial charge in [-0.25, -0.2) is 9.78 Å². The third-order valence-electron chi connectivity index (χ3n) is 7.03. The minimum Gasteiger partial charge on any atom is -0.467 e. The normalized spacial score (nSPS) is 16.2. The first-order chi connectivity index (χ1) is 17.3. The summed E-state index contributed by atoms with van der Waals surface area (Å²) >= 11 is 0. The summed E-state index contributed by atoms with van der Waals surface area (Å²) in [6.45, 7) is 7.84. The van der Waals surface area contributed by atoms with Crippen molar-refractivity contribution in [3.8, 4) is 22.5 Å². The summed E-state index contributed by atoms with van der Waals surface area (Å²) in [5.74, 6) is 0.869. The Labute approximate surface area is 210 Å². The molecule has 1 aliphatic rings. The van der Waals surface area contributed by atoms with Gasteiger partial charge in [-0.15, -0.1) is 5.10 Å². The number of hydrogen-bond donors (Lipinski definition) is 1. The first-order valence-corrected chi connectivity index (χ1v) is 12.2. The maximum atomic E-state index is 12.4. The second-order valence-electron chi connectivity index (χ2n) is 10.1. The number of piperidine rings is 1. The Morgan fingerprint density at radius 1 is 1.00 bits per heavy atom. The van der Waals surface area contributed by atoms with Crippen LogP contribution >= 0.6 is 0 Å². The summed E-state index contributed by atoms with van der Waals surface area (Å²) < 4.78 is 6.52. The lowest BCUT2D eigenvalue weighted by Crippen LogP contribution is -2.39. The van der Waals surface area contributed by atoms with Gasteiger partial charge < -0.3 is 14.7 Å². The molecule has 8 heteroatoms. The summed E-state index contributed by atoms with van der Waals surface area (Å²) in [6.07, 6.45) is 0.486. The van der Waals surface area contributed by atoms with E-state index in [1.807, 2.05) is 30.3 Å². The number of hydrogen-bond acceptors (Lipinski definition) is 7. The van der Waals surface area contributed by atoms with Crippen molar-refractivity contribution < 1.29 is 14.6 Å². The van der Waals surface area contributed by atoms with Crippen LogP contribution in [0, 0.1) is 12.3 Å². The zero-order valence-electron chi connectivity index (χ0n) is 21.1. The van der Waals surface area contributed by atoms with Crippen LogP contribution in [0.1, 0.15) is 44.1 Å². The molecule has 4 aromatic rings. The molecule has 1 N–H and O–H groups in total. The number of carbonyl (C=O) groups is 1. The number of esters is 1. The molecular weight excluding hydrogens is 454 g/mol. The number of carbonyl (C=O) groups excluding carboxylic acids is 1. The van der Waals surface area contributed by atoms with Gasteiger partial charge in [0.2, 0.25) is 0 Å². The average molecular weight is 486 g/mol. The molecule has 0 spiro atoms. The second-order valence-corrected chi connectivity index (χ2v) is 10.1. The number of aliphatic hydroxyl groups excluding tert-OH is 1. The van der Waals surface area contributed by atoms with Gasteiger partial charge >= 0.3 is 5.97 Å². The summed E-state index contributed by atoms with van der Waals surface area (Å²) in [7, 11) is 1.27. The largest absolute Gasteiger partial charge is 0.467 e. The van der Waals surface area contributed by atoms with Crippen LogP contribution in [0.15, 0.2) is 54.6 Å². The molecule has 5 rings (SSSR count). The van der Waals surface area contributed by atoms with E-state index in [1.165, 1.54) is 7.11 Å². The molecule has 8 nitrogen and oxygen atoms in total. The fourth-order valence-electron chi connectivity index (χ4n) is 4.77. The van der Waals surface area contributed by atoms with Gasteiger partial charge in [0.15, 0.2) is 11.9 Å². The Bertz CT molecular complexity index is 1400. The highest BCUT2D eigenvalue weighted by atomic mass is 16.5. The lowest BCUT2D eigenvalue weighted by atomic mass is 9.82. The fraction of sp³-hybridized carbons (Fsp3) is 0.357. The summed E-state index contributed by atoms with van der Waals surface area (Å²) in [4.78, 5) is 23.9. The SMILES string of the molecule is COC(=O)[C@@H](O)c1c(C)nc2nc(-c3cccc(-c4ccccc4)c3)nn2c1N1CCC(C)(C)CC1. The number of rotatable bonds is 5. The van der Waals surface area contributed by atoms with E-state index < -0.39 is 12.1 Å². The maximum absolute atomic E-state index is 12.4. The highest BCUT2D eigenvalue weighted by molar-refractivity contribution is 5.79. The van der Waals surface area contributed by atoms with Crippen LogP contribution in [-0.4, -0.2) is 50.9 Å². The molecule has 1 atom stereocenters. The predicted molar refractivity (Wildman–Crippen MR) is 139 cm³/mol. The lowest BCUT2D eigenvalue weighted by molar-refractivity contribution is -0.150. The van der Waals surface area contributed by atoms with Crippen molar-refractivity contribution in [3.05, 3.63) is 65.9 Å². The third-order valence-corrected chi connectivity index (χ3v) is 7.03. The third kappa shape index (κ3) is 4.44. The number of ether oxygens (including phenoxy) is 1. The van der Waals surface area contributed by atoms with E-state index in [-0.39, 0.29) is 5.41 Å². The van der Waals surface area contributed by atoms with Gasteiger partial charge in [0.05, 0.1) is 18.4 Å². The van der Waals surface area contributed by atoms with Crippen molar-refractivity contribution in [2.75, 3.05) is 25.1 Å². The minimum absolute atomic E-state index is 0.226. The van der Waals surface area contributed by atoms with Gasteiger partial charge in [-0.3, -0.25) is 0 Å². The van der Waals surface area contributed by atoms with Gasteiger partial charge in [0, 0.05) is 18.7 Å². The minimum atomic E-state index is -1.47. The van der Waals surface area contributed by atoms with E-state index in [1.54, 1.807) is 11.4 Å². The van der Waals surface area contributed by atoms with E-state index in [2.05, 4.69) is 48.0 Å². The van der Waals surface area contributed by atoms with Crippen molar-refractivity contribution in [2.24, 2.45) is 5.41 Å². The maximum Gasteiger partial charge on any atom is 0.339 e. The zero-order chi connectivity index (χ0) is 25.4. The molecule has 2 aromatic carbocycles. The van der Waals surface area contributed by atoms with Crippen LogP contribution in [0.25, 0.3) is 28.3 Å². The quantitative estimate of drug-likeness (QED) is 0.413. The number of aromatic nitrogens is 4. The molecule has 0 aliphatic carbocycles. The molecule has 186 valence electrons. The topological polar surface area (TPSA) is 92.8 Å². The molecule has 36 heavy (non-hydrogen) atoms. The molecule has 1 saturated heterocycles. The van der Waals surface area contributed by atoms with Crippen molar-refractivity contribution in [1.82, 2.24) is 19.6 Å². The van der Waals surface area contributed by atoms with E-state index in [4.69, 9.17) is 14.8 Å². The molecule has 1 fully saturated rings. The predicted octanol–water partition coefficient (Wildman–Crippen LogP) is 4.60. The first-order valence-electron chi connectivity index (χ1n) is 12.2. The van der Waals surface area contributed by atoms with E-state index >= 15 is 0 Å². The van der Waals surface area contributed by atoms with Crippen LogP contribution in [0.4, 0.5) is 5.82 Å². The Kier molecular flexibility index (Phi) is 6.22. The molecule has 0 unspecified atom stereocenters. The molecule has 0 radical (unpaired) electrons. The summed E-state index contributed by atoms with van der Waals surface area (Å²) in [5, 5.41) is 15.8. The molecule has 0 amide bonds. The van der Waals surface area contributed by atoms with Crippen LogP contribution in [0.5, 0.6) is 0 Å². The molecule has 3 heterocycles. The van der Waals surface area contributed by atoms with Crippen molar-refractivity contribution in [2.45, 2.75) is 39.7 Å². The number of nitrogens with zero attached hydrogens (tertiary/aromatic N) is 5. The van der Waals surface area contributed by atoms with Crippen molar-refractivity contribution in [3.63, 3.8) is 0 Å².